The second-order valence-electron chi connectivity index (χ2n) is 10.8. The Morgan fingerprint density at radius 1 is 1.12 bits per heavy atom. The lowest BCUT2D eigenvalue weighted by Gasteiger charge is -2.44. The van der Waals surface area contributed by atoms with Crippen molar-refractivity contribution in [3.8, 4) is 16.9 Å². The minimum absolute atomic E-state index is 0.0188. The molecule has 214 valence electrons. The number of ether oxygens (including phenoxy) is 1. The van der Waals surface area contributed by atoms with Crippen LogP contribution in [0.15, 0.2) is 59.9 Å². The number of aliphatic hydroxyl groups excluding tert-OH is 1. The van der Waals surface area contributed by atoms with Gasteiger partial charge in [-0.05, 0) is 55.3 Å². The maximum Gasteiger partial charge on any atom is 0.272 e. The van der Waals surface area contributed by atoms with Crippen LogP contribution >= 0.6 is 11.6 Å². The smallest absolute Gasteiger partial charge is 0.272 e. The van der Waals surface area contributed by atoms with Gasteiger partial charge in [0.05, 0.1) is 25.2 Å². The predicted molar refractivity (Wildman–Crippen MR) is 152 cm³/mol. The number of hydrogen-bond donors (Lipinski definition) is 2. The number of rotatable bonds is 2. The molecule has 1 unspecified atom stereocenters. The van der Waals surface area contributed by atoms with E-state index in [-0.39, 0.29) is 35.1 Å². The fourth-order valence-corrected chi connectivity index (χ4v) is 6.82. The molecule has 10 nitrogen and oxygen atoms in total. The molecular weight excluding hydrogens is 554 g/mol. The van der Waals surface area contributed by atoms with E-state index in [2.05, 4.69) is 9.71 Å². The maximum absolute atomic E-state index is 13.3. The lowest BCUT2D eigenvalue weighted by Crippen LogP contribution is -2.51. The summed E-state index contributed by atoms with van der Waals surface area (Å²) in [5.74, 6) is 0.174. The minimum atomic E-state index is -3.95. The highest BCUT2D eigenvalue weighted by atomic mass is 35.5. The number of imidazole rings is 1. The highest BCUT2D eigenvalue weighted by Crippen LogP contribution is 2.37. The van der Waals surface area contributed by atoms with Crippen molar-refractivity contribution in [2.24, 2.45) is 12.5 Å². The van der Waals surface area contributed by atoms with Crippen LogP contribution < -0.4 is 9.46 Å². The number of likely N-dealkylation sites (tertiary alicyclic amines) is 1. The second kappa shape index (κ2) is 11.5. The molecule has 2 aromatic carbocycles. The lowest BCUT2D eigenvalue weighted by atomic mass is 9.78. The Balaban J connectivity index is 1.45. The van der Waals surface area contributed by atoms with Gasteiger partial charge in [0.25, 0.3) is 5.91 Å². The van der Waals surface area contributed by atoms with Gasteiger partial charge in [-0.2, -0.15) is 0 Å². The average Bonchev–Trinajstić information content (AvgIpc) is 3.36. The number of benzene rings is 2. The van der Waals surface area contributed by atoms with Crippen LogP contribution in [0.2, 0.25) is 5.02 Å². The molecule has 0 saturated carbocycles. The number of fused-ring (bicyclic) bond motifs is 1. The van der Waals surface area contributed by atoms with E-state index >= 15 is 0 Å². The summed E-state index contributed by atoms with van der Waals surface area (Å²) in [5.41, 5.74) is 1.84. The summed E-state index contributed by atoms with van der Waals surface area (Å²) < 4.78 is 37.2. The number of piperidine rings is 1. The molecule has 1 aromatic heterocycles. The fourth-order valence-electron chi connectivity index (χ4n) is 5.50. The number of carbonyl (C=O) groups excluding carboxylic acids is 1. The molecule has 1 fully saturated rings. The van der Waals surface area contributed by atoms with E-state index in [0.29, 0.717) is 49.7 Å². The van der Waals surface area contributed by atoms with E-state index in [1.807, 2.05) is 29.0 Å². The monoisotopic (exact) mass is 587 g/mol. The van der Waals surface area contributed by atoms with Crippen molar-refractivity contribution in [2.45, 2.75) is 23.8 Å². The molecule has 2 aliphatic heterocycles. The zero-order valence-electron chi connectivity index (χ0n) is 22.6. The molecule has 3 heterocycles. The topological polar surface area (TPSA) is 117 Å². The molecule has 1 spiro atoms. The van der Waals surface area contributed by atoms with Crippen LogP contribution in [0.5, 0.6) is 5.75 Å². The number of aliphatic hydroxyl groups is 1. The van der Waals surface area contributed by atoms with E-state index in [4.69, 9.17) is 16.3 Å². The standard InChI is InChI=1S/C28H34ClN5O5S/c1-32-16-23(35)14-31-40(37,38)26-8-5-21(20-3-6-22(29)7-4-20)13-25(26)39-18-28(17-32)9-11-34(12-10-28)27(36)24-15-30-19-33(24)2/h3-8,13,15,19,23,31,35H,9-12,14,16-18H2,1-2H3. The Labute approximate surface area is 239 Å². The number of β-amino-alcohol motifs (C(OH)–C–C–N with tert-alkyl or cyclic N) is 1. The van der Waals surface area contributed by atoms with Crippen LogP contribution in [0.1, 0.15) is 23.3 Å². The second-order valence-corrected chi connectivity index (χ2v) is 13.0. The average molecular weight is 588 g/mol. The molecule has 1 atom stereocenters. The van der Waals surface area contributed by atoms with Crippen LogP contribution in [0.3, 0.4) is 0 Å². The number of sulfonamides is 1. The van der Waals surface area contributed by atoms with E-state index in [9.17, 15) is 18.3 Å². The summed E-state index contributed by atoms with van der Waals surface area (Å²) in [4.78, 5) is 21.0. The van der Waals surface area contributed by atoms with Gasteiger partial charge in [-0.3, -0.25) is 4.79 Å². The van der Waals surface area contributed by atoms with Gasteiger partial charge in [0.15, 0.2) is 0 Å². The fraction of sp³-hybridized carbons (Fsp3) is 0.429. The Morgan fingerprint density at radius 2 is 1.82 bits per heavy atom. The van der Waals surface area contributed by atoms with E-state index in [1.165, 1.54) is 6.07 Å². The summed E-state index contributed by atoms with van der Waals surface area (Å²) in [5, 5.41) is 11.2. The van der Waals surface area contributed by atoms with Crippen molar-refractivity contribution in [3.63, 3.8) is 0 Å². The molecule has 3 aromatic rings. The normalized spacial score (nSPS) is 21.6. The number of halogens is 1. The first-order valence-corrected chi connectivity index (χ1v) is 15.1. The molecule has 12 heteroatoms. The zero-order chi connectivity index (χ0) is 28.5. The van der Waals surface area contributed by atoms with Crippen molar-refractivity contribution < 1.29 is 23.1 Å². The Hall–Kier alpha value is -2.96. The Bertz CT molecular complexity index is 1470. The maximum atomic E-state index is 13.3. The van der Waals surface area contributed by atoms with Gasteiger partial charge >= 0.3 is 0 Å². The number of nitrogens with zero attached hydrogens (tertiary/aromatic N) is 4. The van der Waals surface area contributed by atoms with Crippen molar-refractivity contribution in [1.82, 2.24) is 24.1 Å². The zero-order valence-corrected chi connectivity index (χ0v) is 24.2. The number of aromatic nitrogens is 2. The number of likely N-dealkylation sites (N-methyl/N-ethyl adjacent to an activating group) is 1. The highest BCUT2D eigenvalue weighted by Gasteiger charge is 2.39. The molecule has 0 aliphatic carbocycles. The van der Waals surface area contributed by atoms with E-state index < -0.39 is 16.1 Å². The SMILES string of the molecule is CN1CC(O)CNS(=O)(=O)c2ccc(-c3ccc(Cl)cc3)cc2OCC2(CCN(C(=O)c3cncn3C)CC2)C1. The van der Waals surface area contributed by atoms with Gasteiger partial charge in [-0.1, -0.05) is 29.8 Å². The van der Waals surface area contributed by atoms with E-state index in [1.54, 1.807) is 48.4 Å². The summed E-state index contributed by atoms with van der Waals surface area (Å²) >= 11 is 6.06. The molecule has 1 amide bonds. The number of amides is 1. The van der Waals surface area contributed by atoms with Crippen molar-refractivity contribution in [3.05, 3.63) is 65.7 Å². The van der Waals surface area contributed by atoms with Crippen molar-refractivity contribution >= 4 is 27.5 Å². The van der Waals surface area contributed by atoms with E-state index in [0.717, 1.165) is 11.1 Å². The first-order chi connectivity index (χ1) is 19.1. The molecule has 0 radical (unpaired) electrons. The predicted octanol–water partition coefficient (Wildman–Crippen LogP) is 2.63. The largest absolute Gasteiger partial charge is 0.492 e. The van der Waals surface area contributed by atoms with Crippen LogP contribution in [0.4, 0.5) is 0 Å². The highest BCUT2D eigenvalue weighted by molar-refractivity contribution is 7.89. The van der Waals surface area contributed by atoms with Crippen LogP contribution in [0.25, 0.3) is 11.1 Å². The number of aryl methyl sites for hydroxylation is 1. The summed E-state index contributed by atoms with van der Waals surface area (Å²) in [6, 6.07) is 12.3. The number of hydrogen-bond acceptors (Lipinski definition) is 7. The van der Waals surface area contributed by atoms with Gasteiger partial charge in [0.1, 0.15) is 16.3 Å². The van der Waals surface area contributed by atoms with Crippen LogP contribution in [-0.2, 0) is 17.1 Å². The van der Waals surface area contributed by atoms with Gasteiger partial charge in [-0.15, -0.1) is 0 Å². The van der Waals surface area contributed by atoms with Gasteiger partial charge in [0, 0.05) is 50.2 Å². The molecule has 2 N–H and O–H groups in total. The Kier molecular flexibility index (Phi) is 8.21. The number of carbonyl (C=O) groups is 1. The first kappa shape index (κ1) is 28.6. The molecule has 1 saturated heterocycles. The first-order valence-electron chi connectivity index (χ1n) is 13.2. The third-order valence-electron chi connectivity index (χ3n) is 7.73. The number of nitrogens with one attached hydrogen (secondary N) is 1. The van der Waals surface area contributed by atoms with Gasteiger partial charge in [-0.25, -0.2) is 18.1 Å². The van der Waals surface area contributed by atoms with Gasteiger partial charge in [0.2, 0.25) is 10.0 Å². The summed E-state index contributed by atoms with van der Waals surface area (Å²) in [6.45, 7) is 2.11. The summed E-state index contributed by atoms with van der Waals surface area (Å²) in [7, 11) is -0.248. The molecular formula is C28H34ClN5O5S. The third-order valence-corrected chi connectivity index (χ3v) is 9.44. The molecule has 40 heavy (non-hydrogen) atoms. The quantitative estimate of drug-likeness (QED) is 0.473. The van der Waals surface area contributed by atoms with Crippen LogP contribution in [-0.4, -0.2) is 91.3 Å². The molecule has 2 aliphatic rings. The lowest BCUT2D eigenvalue weighted by molar-refractivity contribution is 0.0156. The summed E-state index contributed by atoms with van der Waals surface area (Å²) in [6.07, 6.45) is 3.62. The molecule has 5 rings (SSSR count). The Morgan fingerprint density at radius 3 is 2.50 bits per heavy atom. The van der Waals surface area contributed by atoms with Crippen molar-refractivity contribution in [1.29, 1.82) is 0 Å². The third kappa shape index (κ3) is 6.18. The minimum Gasteiger partial charge on any atom is -0.492 e. The van der Waals surface area contributed by atoms with Gasteiger partial charge < -0.3 is 24.2 Å². The van der Waals surface area contributed by atoms with Crippen LogP contribution in [0, 0.1) is 5.41 Å². The molecule has 0 bridgehead atoms. The van der Waals surface area contributed by atoms with Crippen molar-refractivity contribution in [2.75, 3.05) is 46.4 Å².